The Bertz CT molecular complexity index is 352. The molecule has 20 heavy (non-hydrogen) atoms. The summed E-state index contributed by atoms with van der Waals surface area (Å²) >= 11 is 0. The monoisotopic (exact) mass is 280 g/mol. The molecule has 0 aromatic carbocycles. The molecular formula is C15H28N4O. The molecule has 3 aliphatic heterocycles. The van der Waals surface area contributed by atoms with Crippen molar-refractivity contribution in [2.24, 2.45) is 0 Å². The molecule has 0 aliphatic carbocycles. The Morgan fingerprint density at radius 2 is 1.65 bits per heavy atom. The lowest BCUT2D eigenvalue weighted by atomic mass is 10.1. The van der Waals surface area contributed by atoms with E-state index in [0.29, 0.717) is 12.1 Å². The summed E-state index contributed by atoms with van der Waals surface area (Å²) in [6, 6.07) is 1.50. The van der Waals surface area contributed by atoms with E-state index < -0.39 is 0 Å². The zero-order chi connectivity index (χ0) is 14.1. The fourth-order valence-electron chi connectivity index (χ4n) is 3.79. The van der Waals surface area contributed by atoms with Gasteiger partial charge in [-0.1, -0.05) is 0 Å². The molecule has 3 aliphatic rings. The number of carbonyl (C=O) groups is 1. The van der Waals surface area contributed by atoms with Gasteiger partial charge in [-0.2, -0.15) is 0 Å². The van der Waals surface area contributed by atoms with Crippen LogP contribution in [0.3, 0.4) is 0 Å². The van der Waals surface area contributed by atoms with Crippen molar-refractivity contribution in [1.29, 1.82) is 0 Å². The van der Waals surface area contributed by atoms with Crippen LogP contribution in [0, 0.1) is 0 Å². The van der Waals surface area contributed by atoms with Gasteiger partial charge >= 0.3 is 6.03 Å². The second-order valence-corrected chi connectivity index (χ2v) is 6.68. The maximum absolute atomic E-state index is 12.6. The van der Waals surface area contributed by atoms with Gasteiger partial charge < -0.3 is 9.80 Å². The van der Waals surface area contributed by atoms with Crippen LogP contribution in [0.4, 0.5) is 4.79 Å². The van der Waals surface area contributed by atoms with E-state index in [0.717, 1.165) is 45.8 Å². The number of fused-ring (bicyclic) bond motifs is 1. The van der Waals surface area contributed by atoms with Crippen molar-refractivity contribution >= 4 is 6.03 Å². The van der Waals surface area contributed by atoms with Gasteiger partial charge in [0.15, 0.2) is 0 Å². The molecular weight excluding hydrogens is 252 g/mol. The number of amides is 2. The van der Waals surface area contributed by atoms with Crippen molar-refractivity contribution in [2.75, 3.05) is 52.4 Å². The van der Waals surface area contributed by atoms with Crippen molar-refractivity contribution in [1.82, 2.24) is 19.6 Å². The quantitative estimate of drug-likeness (QED) is 0.715. The Hall–Kier alpha value is -0.810. The van der Waals surface area contributed by atoms with Crippen LogP contribution in [0.1, 0.15) is 26.7 Å². The molecule has 0 aromatic rings. The van der Waals surface area contributed by atoms with Crippen molar-refractivity contribution in [3.63, 3.8) is 0 Å². The van der Waals surface area contributed by atoms with Gasteiger partial charge in [0.25, 0.3) is 0 Å². The topological polar surface area (TPSA) is 30.0 Å². The van der Waals surface area contributed by atoms with E-state index in [1.807, 2.05) is 0 Å². The smallest absolute Gasteiger partial charge is 0.320 e. The summed E-state index contributed by atoms with van der Waals surface area (Å²) in [4.78, 5) is 21.8. The van der Waals surface area contributed by atoms with E-state index in [9.17, 15) is 4.79 Å². The Labute approximate surface area is 122 Å². The number of piperazine rings is 2. The average Bonchev–Trinajstić information content (AvgIpc) is 2.94. The van der Waals surface area contributed by atoms with E-state index >= 15 is 0 Å². The van der Waals surface area contributed by atoms with Crippen LogP contribution in [0.2, 0.25) is 0 Å². The number of hydrogen-bond acceptors (Lipinski definition) is 3. The summed E-state index contributed by atoms with van der Waals surface area (Å²) in [6.07, 6.45) is 2.57. The fourth-order valence-corrected chi connectivity index (χ4v) is 3.79. The van der Waals surface area contributed by atoms with Gasteiger partial charge in [0.1, 0.15) is 0 Å². The highest BCUT2D eigenvalue weighted by Gasteiger charge is 2.34. The van der Waals surface area contributed by atoms with E-state index in [2.05, 4.69) is 33.4 Å². The minimum absolute atomic E-state index is 0.278. The molecule has 1 atom stereocenters. The van der Waals surface area contributed by atoms with Gasteiger partial charge in [-0.15, -0.1) is 0 Å². The summed E-state index contributed by atoms with van der Waals surface area (Å²) in [5, 5.41) is 0. The number of hydrogen-bond donors (Lipinski definition) is 0. The molecule has 2 amide bonds. The first kappa shape index (κ1) is 14.1. The first-order chi connectivity index (χ1) is 9.65. The third kappa shape index (κ3) is 2.79. The van der Waals surface area contributed by atoms with Crippen molar-refractivity contribution in [3.05, 3.63) is 0 Å². The van der Waals surface area contributed by atoms with Crippen LogP contribution in [0.5, 0.6) is 0 Å². The lowest BCUT2D eigenvalue weighted by Crippen LogP contribution is -2.58. The average molecular weight is 280 g/mol. The van der Waals surface area contributed by atoms with Crippen molar-refractivity contribution in [3.8, 4) is 0 Å². The SMILES string of the molecule is CC(C)N1CCN(C(=O)N2CCN3CCCC3C2)CC1. The standard InChI is InChI=1S/C15H28N4O/c1-13(2)16-6-9-18(10-7-16)15(20)19-11-8-17-5-3-4-14(17)12-19/h13-14H,3-12H2,1-2H3. The lowest BCUT2D eigenvalue weighted by molar-refractivity contribution is 0.0726. The predicted octanol–water partition coefficient (Wildman–Crippen LogP) is 0.912. The second kappa shape index (κ2) is 5.90. The van der Waals surface area contributed by atoms with Gasteiger partial charge in [0, 0.05) is 57.9 Å². The van der Waals surface area contributed by atoms with E-state index in [1.165, 1.54) is 19.4 Å². The molecule has 1 unspecified atom stereocenters. The second-order valence-electron chi connectivity index (χ2n) is 6.68. The molecule has 3 saturated heterocycles. The van der Waals surface area contributed by atoms with Crippen LogP contribution >= 0.6 is 0 Å². The molecule has 0 N–H and O–H groups in total. The highest BCUT2D eigenvalue weighted by atomic mass is 16.2. The summed E-state index contributed by atoms with van der Waals surface area (Å²) in [5.41, 5.74) is 0. The van der Waals surface area contributed by atoms with Gasteiger partial charge in [0.2, 0.25) is 0 Å². The molecule has 3 rings (SSSR count). The van der Waals surface area contributed by atoms with E-state index in [4.69, 9.17) is 0 Å². The van der Waals surface area contributed by atoms with Gasteiger partial charge in [-0.25, -0.2) is 4.79 Å². The largest absolute Gasteiger partial charge is 0.322 e. The molecule has 3 heterocycles. The van der Waals surface area contributed by atoms with E-state index in [-0.39, 0.29) is 6.03 Å². The maximum atomic E-state index is 12.6. The molecule has 5 heteroatoms. The Morgan fingerprint density at radius 3 is 2.35 bits per heavy atom. The first-order valence-corrected chi connectivity index (χ1v) is 8.17. The Morgan fingerprint density at radius 1 is 0.950 bits per heavy atom. The molecule has 0 spiro atoms. The molecule has 114 valence electrons. The zero-order valence-corrected chi connectivity index (χ0v) is 12.9. The van der Waals surface area contributed by atoms with Gasteiger partial charge in [-0.05, 0) is 33.2 Å². The third-order valence-corrected chi connectivity index (χ3v) is 5.17. The van der Waals surface area contributed by atoms with Crippen LogP contribution in [-0.4, -0.2) is 90.1 Å². The molecule has 0 radical (unpaired) electrons. The van der Waals surface area contributed by atoms with Gasteiger partial charge in [-0.3, -0.25) is 9.80 Å². The highest BCUT2D eigenvalue weighted by molar-refractivity contribution is 5.74. The zero-order valence-electron chi connectivity index (χ0n) is 12.9. The van der Waals surface area contributed by atoms with Crippen molar-refractivity contribution in [2.45, 2.75) is 38.8 Å². The molecule has 0 saturated carbocycles. The molecule has 5 nitrogen and oxygen atoms in total. The molecule has 0 bridgehead atoms. The number of rotatable bonds is 1. The summed E-state index contributed by atoms with van der Waals surface area (Å²) in [7, 11) is 0. The number of nitrogens with zero attached hydrogens (tertiary/aromatic N) is 4. The highest BCUT2D eigenvalue weighted by Crippen LogP contribution is 2.22. The molecule has 0 aromatic heterocycles. The van der Waals surface area contributed by atoms with Crippen LogP contribution in [0.25, 0.3) is 0 Å². The summed E-state index contributed by atoms with van der Waals surface area (Å²) in [5.74, 6) is 0. The Kier molecular flexibility index (Phi) is 4.17. The first-order valence-electron chi connectivity index (χ1n) is 8.17. The minimum Gasteiger partial charge on any atom is -0.322 e. The normalized spacial score (nSPS) is 29.1. The summed E-state index contributed by atoms with van der Waals surface area (Å²) < 4.78 is 0. The number of urea groups is 1. The molecule has 3 fully saturated rings. The van der Waals surface area contributed by atoms with Gasteiger partial charge in [0.05, 0.1) is 0 Å². The van der Waals surface area contributed by atoms with E-state index in [1.54, 1.807) is 0 Å². The predicted molar refractivity (Wildman–Crippen MR) is 79.8 cm³/mol. The fraction of sp³-hybridized carbons (Fsp3) is 0.933. The third-order valence-electron chi connectivity index (χ3n) is 5.17. The van der Waals surface area contributed by atoms with Crippen LogP contribution in [0.15, 0.2) is 0 Å². The lowest BCUT2D eigenvalue weighted by Gasteiger charge is -2.42. The van der Waals surface area contributed by atoms with Crippen LogP contribution < -0.4 is 0 Å². The minimum atomic E-state index is 0.278. The van der Waals surface area contributed by atoms with Crippen LogP contribution in [-0.2, 0) is 0 Å². The number of carbonyl (C=O) groups excluding carboxylic acids is 1. The van der Waals surface area contributed by atoms with Crippen molar-refractivity contribution < 1.29 is 4.79 Å². The Balaban J connectivity index is 1.52. The summed E-state index contributed by atoms with van der Waals surface area (Å²) in [6.45, 7) is 12.5. The maximum Gasteiger partial charge on any atom is 0.320 e.